The fourth-order valence-corrected chi connectivity index (χ4v) is 4.04. The van der Waals surface area contributed by atoms with E-state index in [9.17, 15) is 4.79 Å². The SMILES string of the molecule is CCOC(=O)c1cnc2c(c(C)nn2C)c1N1CCCN(Cc2noc(C)n2)CC1. The van der Waals surface area contributed by atoms with Gasteiger partial charge >= 0.3 is 5.97 Å². The summed E-state index contributed by atoms with van der Waals surface area (Å²) in [6.45, 7) is 9.83. The first-order valence-electron chi connectivity index (χ1n) is 10.2. The number of hydrogen-bond acceptors (Lipinski definition) is 9. The van der Waals surface area contributed by atoms with E-state index in [1.54, 1.807) is 17.8 Å². The molecule has 1 aliphatic rings. The summed E-state index contributed by atoms with van der Waals surface area (Å²) >= 11 is 0. The van der Waals surface area contributed by atoms with Crippen molar-refractivity contribution in [3.8, 4) is 0 Å². The molecule has 3 aromatic rings. The lowest BCUT2D eigenvalue weighted by Crippen LogP contribution is -2.32. The average Bonchev–Trinajstić information content (AvgIpc) is 3.15. The maximum absolute atomic E-state index is 12.7. The van der Waals surface area contributed by atoms with E-state index >= 15 is 0 Å². The van der Waals surface area contributed by atoms with E-state index in [-0.39, 0.29) is 5.97 Å². The summed E-state index contributed by atoms with van der Waals surface area (Å²) in [6.07, 6.45) is 2.56. The van der Waals surface area contributed by atoms with Crippen molar-refractivity contribution < 1.29 is 14.1 Å². The van der Waals surface area contributed by atoms with Crippen molar-refractivity contribution in [2.75, 3.05) is 37.7 Å². The molecule has 10 nitrogen and oxygen atoms in total. The zero-order valence-corrected chi connectivity index (χ0v) is 17.9. The topological polar surface area (TPSA) is 102 Å². The highest BCUT2D eigenvalue weighted by atomic mass is 16.5. The highest BCUT2D eigenvalue weighted by molar-refractivity contribution is 6.05. The molecule has 0 unspecified atom stereocenters. The van der Waals surface area contributed by atoms with Crippen LogP contribution in [0.15, 0.2) is 10.7 Å². The Morgan fingerprint density at radius 2 is 2.07 bits per heavy atom. The number of esters is 1. The van der Waals surface area contributed by atoms with Gasteiger partial charge in [-0.1, -0.05) is 5.16 Å². The van der Waals surface area contributed by atoms with Crippen LogP contribution in [0.1, 0.15) is 41.1 Å². The number of aryl methyl sites for hydroxylation is 3. The third kappa shape index (κ3) is 3.87. The molecule has 1 saturated heterocycles. The predicted molar refractivity (Wildman–Crippen MR) is 110 cm³/mol. The van der Waals surface area contributed by atoms with Crippen molar-refractivity contribution in [2.45, 2.75) is 33.7 Å². The van der Waals surface area contributed by atoms with E-state index in [2.05, 4.69) is 30.0 Å². The lowest BCUT2D eigenvalue weighted by atomic mass is 10.1. The van der Waals surface area contributed by atoms with Crippen LogP contribution >= 0.6 is 0 Å². The van der Waals surface area contributed by atoms with Crippen molar-refractivity contribution in [1.29, 1.82) is 0 Å². The summed E-state index contributed by atoms with van der Waals surface area (Å²) in [6, 6.07) is 0. The minimum Gasteiger partial charge on any atom is -0.462 e. The van der Waals surface area contributed by atoms with E-state index < -0.39 is 0 Å². The van der Waals surface area contributed by atoms with Gasteiger partial charge in [0.2, 0.25) is 5.89 Å². The first kappa shape index (κ1) is 20.3. The Hall–Kier alpha value is -3.01. The molecule has 0 atom stereocenters. The van der Waals surface area contributed by atoms with Gasteiger partial charge in [0.25, 0.3) is 0 Å². The Labute approximate surface area is 174 Å². The normalized spacial score (nSPS) is 15.5. The van der Waals surface area contributed by atoms with E-state index in [1.807, 2.05) is 20.9 Å². The third-order valence-electron chi connectivity index (χ3n) is 5.33. The lowest BCUT2D eigenvalue weighted by molar-refractivity contribution is 0.0527. The van der Waals surface area contributed by atoms with Crippen LogP contribution in [0, 0.1) is 13.8 Å². The molecule has 0 aliphatic carbocycles. The molecule has 0 saturated carbocycles. The van der Waals surface area contributed by atoms with Crippen molar-refractivity contribution in [3.63, 3.8) is 0 Å². The highest BCUT2D eigenvalue weighted by Crippen LogP contribution is 2.33. The van der Waals surface area contributed by atoms with Gasteiger partial charge in [0.15, 0.2) is 11.5 Å². The summed E-state index contributed by atoms with van der Waals surface area (Å²) in [5.41, 5.74) is 2.97. The van der Waals surface area contributed by atoms with Gasteiger partial charge in [0.1, 0.15) is 5.56 Å². The van der Waals surface area contributed by atoms with Crippen LogP contribution < -0.4 is 4.90 Å². The molecule has 0 radical (unpaired) electrons. The van der Waals surface area contributed by atoms with Crippen LogP contribution in [0.25, 0.3) is 11.0 Å². The molecule has 0 spiro atoms. The summed E-state index contributed by atoms with van der Waals surface area (Å²) in [4.78, 5) is 26.1. The minimum atomic E-state index is -0.353. The molecule has 0 N–H and O–H groups in total. The predicted octanol–water partition coefficient (Wildman–Crippen LogP) is 1.86. The molecule has 1 aliphatic heterocycles. The third-order valence-corrected chi connectivity index (χ3v) is 5.33. The van der Waals surface area contributed by atoms with Gasteiger partial charge < -0.3 is 14.2 Å². The second-order valence-corrected chi connectivity index (χ2v) is 7.49. The monoisotopic (exact) mass is 413 g/mol. The molecule has 4 heterocycles. The average molecular weight is 413 g/mol. The second kappa shape index (κ2) is 8.39. The first-order chi connectivity index (χ1) is 14.5. The summed E-state index contributed by atoms with van der Waals surface area (Å²) in [7, 11) is 1.87. The molecule has 1 fully saturated rings. The molecule has 30 heavy (non-hydrogen) atoms. The fourth-order valence-electron chi connectivity index (χ4n) is 4.04. The number of ether oxygens (including phenoxy) is 1. The summed E-state index contributed by atoms with van der Waals surface area (Å²) in [5.74, 6) is 0.919. The summed E-state index contributed by atoms with van der Waals surface area (Å²) in [5, 5.41) is 9.44. The zero-order valence-electron chi connectivity index (χ0n) is 17.9. The Morgan fingerprint density at radius 1 is 1.23 bits per heavy atom. The van der Waals surface area contributed by atoms with Gasteiger partial charge in [-0.3, -0.25) is 9.58 Å². The Bertz CT molecular complexity index is 1060. The van der Waals surface area contributed by atoms with Crippen LogP contribution in [-0.4, -0.2) is 68.6 Å². The zero-order chi connectivity index (χ0) is 21.3. The quantitative estimate of drug-likeness (QED) is 0.580. The van der Waals surface area contributed by atoms with Gasteiger partial charge in [-0.25, -0.2) is 9.78 Å². The Morgan fingerprint density at radius 3 is 2.80 bits per heavy atom. The molecule has 10 heteroatoms. The van der Waals surface area contributed by atoms with Gasteiger partial charge in [-0.05, 0) is 20.3 Å². The van der Waals surface area contributed by atoms with Gasteiger partial charge in [0.05, 0.1) is 29.9 Å². The molecule has 4 rings (SSSR count). The van der Waals surface area contributed by atoms with Gasteiger partial charge in [-0.2, -0.15) is 10.1 Å². The van der Waals surface area contributed by atoms with Crippen LogP contribution in [0.4, 0.5) is 5.69 Å². The molecule has 0 aromatic carbocycles. The van der Waals surface area contributed by atoms with Crippen LogP contribution in [0.5, 0.6) is 0 Å². The molecular formula is C20H27N7O3. The van der Waals surface area contributed by atoms with Gasteiger partial charge in [0, 0.05) is 46.3 Å². The van der Waals surface area contributed by atoms with Crippen molar-refractivity contribution in [2.24, 2.45) is 7.05 Å². The number of fused-ring (bicyclic) bond motifs is 1. The molecule has 3 aromatic heterocycles. The largest absolute Gasteiger partial charge is 0.462 e. The fraction of sp³-hybridized carbons (Fsp3) is 0.550. The second-order valence-electron chi connectivity index (χ2n) is 7.49. The maximum Gasteiger partial charge on any atom is 0.341 e. The smallest absolute Gasteiger partial charge is 0.341 e. The first-order valence-corrected chi connectivity index (χ1v) is 10.2. The molecular weight excluding hydrogens is 386 g/mol. The van der Waals surface area contributed by atoms with E-state index in [0.717, 1.165) is 55.0 Å². The summed E-state index contributed by atoms with van der Waals surface area (Å²) < 4.78 is 12.2. The standard InChI is InChI=1S/C20H27N7O3/c1-5-29-20(28)15-11-21-19-17(13(2)23-25(19)4)18(15)27-8-6-7-26(9-10-27)12-16-22-14(3)30-24-16/h11H,5-10,12H2,1-4H3. The molecule has 0 amide bonds. The maximum atomic E-state index is 12.7. The molecule has 0 bridgehead atoms. The number of nitrogens with zero attached hydrogens (tertiary/aromatic N) is 7. The number of hydrogen-bond donors (Lipinski definition) is 0. The van der Waals surface area contributed by atoms with Crippen molar-refractivity contribution in [1.82, 2.24) is 29.8 Å². The lowest BCUT2D eigenvalue weighted by Gasteiger charge is -2.26. The van der Waals surface area contributed by atoms with Crippen LogP contribution in [0.2, 0.25) is 0 Å². The number of rotatable bonds is 5. The van der Waals surface area contributed by atoms with Crippen molar-refractivity contribution in [3.05, 3.63) is 29.2 Å². The highest BCUT2D eigenvalue weighted by Gasteiger charge is 2.26. The minimum absolute atomic E-state index is 0.320. The van der Waals surface area contributed by atoms with Crippen LogP contribution in [0.3, 0.4) is 0 Å². The number of aromatic nitrogens is 5. The van der Waals surface area contributed by atoms with Crippen LogP contribution in [-0.2, 0) is 18.3 Å². The van der Waals surface area contributed by atoms with E-state index in [1.165, 1.54) is 0 Å². The number of pyridine rings is 1. The van der Waals surface area contributed by atoms with E-state index in [0.29, 0.717) is 30.4 Å². The Balaban J connectivity index is 1.65. The number of carbonyl (C=O) groups excluding carboxylic acids is 1. The number of anilines is 1. The van der Waals surface area contributed by atoms with Crippen molar-refractivity contribution >= 4 is 22.7 Å². The van der Waals surface area contributed by atoms with E-state index in [4.69, 9.17) is 9.26 Å². The van der Waals surface area contributed by atoms with Gasteiger partial charge in [-0.15, -0.1) is 0 Å². The molecule has 160 valence electrons. The number of carbonyl (C=O) groups is 1. The Kier molecular flexibility index (Phi) is 5.67.